The molecule has 0 bridgehead atoms. The lowest BCUT2D eigenvalue weighted by molar-refractivity contribution is -0.140. The molecule has 0 aliphatic carbocycles. The number of benzene rings is 2. The fourth-order valence-electron chi connectivity index (χ4n) is 3.28. The van der Waals surface area contributed by atoms with Gasteiger partial charge in [-0.3, -0.25) is 9.59 Å². The smallest absolute Gasteiger partial charge is 0.242 e. The van der Waals surface area contributed by atoms with Crippen molar-refractivity contribution in [1.29, 1.82) is 0 Å². The maximum Gasteiger partial charge on any atom is 0.242 e. The van der Waals surface area contributed by atoms with Crippen molar-refractivity contribution < 1.29 is 22.4 Å². The van der Waals surface area contributed by atoms with E-state index in [1.54, 1.807) is 43.3 Å². The lowest BCUT2D eigenvalue weighted by atomic mass is 10.1. The van der Waals surface area contributed by atoms with E-state index in [2.05, 4.69) is 5.32 Å². The van der Waals surface area contributed by atoms with Crippen LogP contribution in [0.15, 0.2) is 59.5 Å². The molecular weight excluding hydrogens is 445 g/mol. The molecule has 0 spiro atoms. The Bertz CT molecular complexity index is 1030. The zero-order valence-corrected chi connectivity index (χ0v) is 20.1. The SMILES string of the molecule is CCCNC(=O)[C@@H](C)N(Cc1ccccc1F)C(=O)CCCN(C)S(=O)(=O)c1ccccc1. The highest BCUT2D eigenvalue weighted by Crippen LogP contribution is 2.17. The van der Waals surface area contributed by atoms with E-state index in [1.165, 1.54) is 34.5 Å². The number of hydrogen-bond acceptors (Lipinski definition) is 4. The largest absolute Gasteiger partial charge is 0.354 e. The summed E-state index contributed by atoms with van der Waals surface area (Å²) in [5.41, 5.74) is 0.310. The first-order valence-corrected chi connectivity index (χ1v) is 12.4. The van der Waals surface area contributed by atoms with Crippen LogP contribution in [0.1, 0.15) is 38.7 Å². The van der Waals surface area contributed by atoms with Crippen LogP contribution in [0.2, 0.25) is 0 Å². The number of rotatable bonds is 12. The molecule has 9 heteroatoms. The molecule has 33 heavy (non-hydrogen) atoms. The average Bonchev–Trinajstić information content (AvgIpc) is 2.81. The highest BCUT2D eigenvalue weighted by molar-refractivity contribution is 7.89. The van der Waals surface area contributed by atoms with Crippen LogP contribution < -0.4 is 5.32 Å². The highest BCUT2D eigenvalue weighted by Gasteiger charge is 2.27. The van der Waals surface area contributed by atoms with Crippen LogP contribution in [0.3, 0.4) is 0 Å². The fraction of sp³-hybridized carbons (Fsp3) is 0.417. The second-order valence-corrected chi connectivity index (χ2v) is 9.87. The van der Waals surface area contributed by atoms with Crippen molar-refractivity contribution in [3.8, 4) is 0 Å². The third-order valence-electron chi connectivity index (χ3n) is 5.33. The maximum atomic E-state index is 14.2. The Morgan fingerprint density at radius 1 is 1.06 bits per heavy atom. The molecule has 180 valence electrons. The Labute approximate surface area is 195 Å². The Morgan fingerprint density at radius 2 is 1.70 bits per heavy atom. The maximum absolute atomic E-state index is 14.2. The van der Waals surface area contributed by atoms with Gasteiger partial charge in [0.15, 0.2) is 0 Å². The molecule has 1 atom stereocenters. The molecular formula is C24H32FN3O4S. The summed E-state index contributed by atoms with van der Waals surface area (Å²) >= 11 is 0. The van der Waals surface area contributed by atoms with Crippen LogP contribution >= 0.6 is 0 Å². The third-order valence-corrected chi connectivity index (χ3v) is 7.20. The molecule has 2 aromatic rings. The van der Waals surface area contributed by atoms with Gasteiger partial charge in [0.05, 0.1) is 4.90 Å². The molecule has 7 nitrogen and oxygen atoms in total. The summed E-state index contributed by atoms with van der Waals surface area (Å²) in [6.07, 6.45) is 1.04. The Balaban J connectivity index is 2.07. The first-order valence-electron chi connectivity index (χ1n) is 11.0. The quantitative estimate of drug-likeness (QED) is 0.509. The van der Waals surface area contributed by atoms with E-state index in [9.17, 15) is 22.4 Å². The van der Waals surface area contributed by atoms with Crippen LogP contribution in [0, 0.1) is 5.82 Å². The van der Waals surface area contributed by atoms with Gasteiger partial charge in [-0.25, -0.2) is 17.1 Å². The summed E-state index contributed by atoms with van der Waals surface area (Å²) in [6, 6.07) is 13.4. The van der Waals surface area contributed by atoms with E-state index in [0.29, 0.717) is 12.1 Å². The number of nitrogens with one attached hydrogen (secondary N) is 1. The predicted octanol–water partition coefficient (Wildman–Crippen LogP) is 3.17. The highest BCUT2D eigenvalue weighted by atomic mass is 32.2. The number of sulfonamides is 1. The third kappa shape index (κ3) is 7.36. The van der Waals surface area contributed by atoms with E-state index in [1.807, 2.05) is 6.92 Å². The van der Waals surface area contributed by atoms with Crippen molar-refractivity contribution in [3.05, 3.63) is 66.0 Å². The van der Waals surface area contributed by atoms with Gasteiger partial charge in [0, 0.05) is 38.7 Å². The molecule has 0 aliphatic rings. The van der Waals surface area contributed by atoms with E-state index >= 15 is 0 Å². The van der Waals surface area contributed by atoms with Crippen molar-refractivity contribution >= 4 is 21.8 Å². The number of halogens is 1. The molecule has 2 rings (SSSR count). The normalized spacial score (nSPS) is 12.4. The van der Waals surface area contributed by atoms with Crippen molar-refractivity contribution in [2.24, 2.45) is 0 Å². The minimum atomic E-state index is -3.66. The van der Waals surface area contributed by atoms with E-state index in [0.717, 1.165) is 6.42 Å². The molecule has 0 saturated heterocycles. The first-order chi connectivity index (χ1) is 15.7. The zero-order valence-electron chi connectivity index (χ0n) is 19.3. The Hall–Kier alpha value is -2.78. The number of carbonyl (C=O) groups is 2. The summed E-state index contributed by atoms with van der Waals surface area (Å²) in [5, 5.41) is 2.77. The summed E-state index contributed by atoms with van der Waals surface area (Å²) in [5.74, 6) is -1.11. The average molecular weight is 478 g/mol. The number of hydrogen-bond donors (Lipinski definition) is 1. The standard InChI is InChI=1S/C24H32FN3O4S/c1-4-16-26-24(30)19(2)28(18-20-11-8-9-14-22(20)25)23(29)15-10-17-27(3)33(31,32)21-12-6-5-7-13-21/h5-9,11-14,19H,4,10,15-18H2,1-3H3,(H,26,30)/t19-/m1/s1. The van der Waals surface area contributed by atoms with Gasteiger partial charge in [-0.05, 0) is 38.0 Å². The fourth-order valence-corrected chi connectivity index (χ4v) is 4.51. The summed E-state index contributed by atoms with van der Waals surface area (Å²) < 4.78 is 40.7. The van der Waals surface area contributed by atoms with Crippen LogP contribution in [-0.2, 0) is 26.2 Å². The second-order valence-electron chi connectivity index (χ2n) is 7.82. The van der Waals surface area contributed by atoms with Crippen LogP contribution in [0.4, 0.5) is 4.39 Å². The number of nitrogens with zero attached hydrogens (tertiary/aromatic N) is 2. The van der Waals surface area contributed by atoms with E-state index in [4.69, 9.17) is 0 Å². The van der Waals surface area contributed by atoms with Crippen molar-refractivity contribution in [3.63, 3.8) is 0 Å². The number of carbonyl (C=O) groups excluding carboxylic acids is 2. The van der Waals surface area contributed by atoms with Gasteiger partial charge in [0.1, 0.15) is 11.9 Å². The monoisotopic (exact) mass is 477 g/mol. The van der Waals surface area contributed by atoms with Crippen molar-refractivity contribution in [2.75, 3.05) is 20.1 Å². The molecule has 0 radical (unpaired) electrons. The van der Waals surface area contributed by atoms with Crippen molar-refractivity contribution in [1.82, 2.24) is 14.5 Å². The summed E-state index contributed by atoms with van der Waals surface area (Å²) in [4.78, 5) is 27.1. The minimum absolute atomic E-state index is 0.0223. The van der Waals surface area contributed by atoms with Crippen LogP contribution in [0.25, 0.3) is 0 Å². The first kappa shape index (κ1) is 26.5. The minimum Gasteiger partial charge on any atom is -0.354 e. The molecule has 0 unspecified atom stereocenters. The topological polar surface area (TPSA) is 86.8 Å². The van der Waals surface area contributed by atoms with Gasteiger partial charge in [0.25, 0.3) is 0 Å². The van der Waals surface area contributed by atoms with E-state index < -0.39 is 21.9 Å². The van der Waals surface area contributed by atoms with Crippen LogP contribution in [-0.4, -0.2) is 55.6 Å². The van der Waals surface area contributed by atoms with Gasteiger partial charge in [-0.2, -0.15) is 0 Å². The number of amides is 2. The Morgan fingerprint density at radius 3 is 2.33 bits per heavy atom. The van der Waals surface area contributed by atoms with Gasteiger partial charge >= 0.3 is 0 Å². The Kier molecular flexibility index (Phi) is 9.99. The molecule has 0 aromatic heterocycles. The molecule has 1 N–H and O–H groups in total. The van der Waals surface area contributed by atoms with Gasteiger partial charge in [0.2, 0.25) is 21.8 Å². The predicted molar refractivity (Wildman–Crippen MR) is 125 cm³/mol. The van der Waals surface area contributed by atoms with Gasteiger partial charge in [-0.15, -0.1) is 0 Å². The zero-order chi connectivity index (χ0) is 24.4. The second kappa shape index (κ2) is 12.5. The lowest BCUT2D eigenvalue weighted by Gasteiger charge is -2.29. The van der Waals surface area contributed by atoms with Crippen LogP contribution in [0.5, 0.6) is 0 Å². The van der Waals surface area contributed by atoms with Gasteiger partial charge in [-0.1, -0.05) is 43.3 Å². The van der Waals surface area contributed by atoms with Gasteiger partial charge < -0.3 is 10.2 Å². The molecule has 0 aliphatic heterocycles. The molecule has 2 amide bonds. The van der Waals surface area contributed by atoms with E-state index in [-0.39, 0.29) is 42.6 Å². The van der Waals surface area contributed by atoms with Crippen molar-refractivity contribution in [2.45, 2.75) is 50.6 Å². The molecule has 0 fully saturated rings. The molecule has 0 heterocycles. The summed E-state index contributed by atoms with van der Waals surface area (Å²) in [6.45, 7) is 4.09. The molecule has 2 aromatic carbocycles. The molecule has 0 saturated carbocycles. The summed E-state index contributed by atoms with van der Waals surface area (Å²) in [7, 11) is -2.19. The lowest BCUT2D eigenvalue weighted by Crippen LogP contribution is -2.48.